The molecule has 0 aromatic carbocycles. The molecule has 0 saturated carbocycles. The molecule has 0 amide bonds. The smallest absolute Gasteiger partial charge is 0.368 e. The summed E-state index contributed by atoms with van der Waals surface area (Å²) in [4.78, 5) is 0. The summed E-state index contributed by atoms with van der Waals surface area (Å²) in [7, 11) is -8.24. The second-order valence-corrected chi connectivity index (χ2v) is 9.75. The zero-order valence-corrected chi connectivity index (χ0v) is 16.7. The Balaban J connectivity index is 5.93. The highest BCUT2D eigenvalue weighted by atomic mass is 31.2. The minimum Gasteiger partial charge on any atom is -0.368 e. The molecule has 0 aromatic heterocycles. The van der Waals surface area contributed by atoms with Crippen LogP contribution in [0, 0.1) is 0 Å². The van der Waals surface area contributed by atoms with Gasteiger partial charge in [0.25, 0.3) is 5.08 Å². The van der Waals surface area contributed by atoms with Gasteiger partial charge in [-0.15, -0.1) is 0 Å². The summed E-state index contributed by atoms with van der Waals surface area (Å²) in [6.07, 6.45) is 2.12. The number of hydrogen-bond acceptors (Lipinski definition) is 7. The third-order valence-electron chi connectivity index (χ3n) is 3.19. The first-order valence-electron chi connectivity index (χ1n) is 8.31. The van der Waals surface area contributed by atoms with Gasteiger partial charge in [0.2, 0.25) is 0 Å². The van der Waals surface area contributed by atoms with E-state index in [9.17, 15) is 14.2 Å². The highest BCUT2D eigenvalue weighted by Crippen LogP contribution is 2.78. The fraction of sp³-hybridized carbons (Fsp3) is 1.00. The normalized spacial score (nSPS) is 13.5. The van der Waals surface area contributed by atoms with E-state index < -0.39 is 20.3 Å². The van der Waals surface area contributed by atoms with Crippen molar-refractivity contribution in [3.63, 3.8) is 0 Å². The second kappa shape index (κ2) is 11.0. The van der Waals surface area contributed by atoms with Crippen LogP contribution in [0.25, 0.3) is 0 Å². The highest BCUT2D eigenvalue weighted by molar-refractivity contribution is 7.73. The molecule has 0 aliphatic heterocycles. The van der Waals surface area contributed by atoms with Crippen LogP contribution in [0.3, 0.4) is 0 Å². The van der Waals surface area contributed by atoms with Crippen LogP contribution in [0.4, 0.5) is 0 Å². The van der Waals surface area contributed by atoms with Crippen molar-refractivity contribution < 1.29 is 32.3 Å². The molecule has 140 valence electrons. The maximum absolute atomic E-state index is 13.2. The fourth-order valence-electron chi connectivity index (χ4n) is 2.20. The Kier molecular flexibility index (Phi) is 11.1. The Morgan fingerprint density at radius 2 is 1.09 bits per heavy atom. The molecule has 9 heteroatoms. The largest absolute Gasteiger partial charge is 0.374 e. The Hall–Kier alpha value is 0.260. The lowest BCUT2D eigenvalue weighted by atomic mass is 10.2. The van der Waals surface area contributed by atoms with Crippen molar-refractivity contribution in [2.24, 2.45) is 0 Å². The molecule has 0 aromatic rings. The van der Waals surface area contributed by atoms with Crippen LogP contribution in [0.1, 0.15) is 60.3 Å². The summed E-state index contributed by atoms with van der Waals surface area (Å²) >= 11 is 0. The zero-order chi connectivity index (χ0) is 18.0. The fourth-order valence-corrected chi connectivity index (χ4v) is 7.30. The van der Waals surface area contributed by atoms with Gasteiger partial charge in [-0.1, -0.05) is 19.8 Å². The first-order chi connectivity index (χ1) is 10.8. The van der Waals surface area contributed by atoms with Gasteiger partial charge in [-0.3, -0.25) is 9.13 Å². The van der Waals surface area contributed by atoms with Crippen molar-refractivity contribution in [2.75, 3.05) is 26.4 Å². The van der Waals surface area contributed by atoms with E-state index >= 15 is 0 Å². The van der Waals surface area contributed by atoms with E-state index in [4.69, 9.17) is 18.1 Å². The molecule has 0 bridgehead atoms. The molecule has 0 fully saturated rings. The van der Waals surface area contributed by atoms with E-state index in [0.717, 1.165) is 12.8 Å². The molecule has 7 nitrogen and oxygen atoms in total. The minimum absolute atomic E-state index is 0.0462. The predicted octanol–water partition coefficient (Wildman–Crippen LogP) is 4.75. The summed E-state index contributed by atoms with van der Waals surface area (Å²) in [6.45, 7) is 8.70. The van der Waals surface area contributed by atoms with Gasteiger partial charge in [-0.25, -0.2) is 0 Å². The van der Waals surface area contributed by atoms with Crippen molar-refractivity contribution >= 4 is 15.2 Å². The lowest BCUT2D eigenvalue weighted by Gasteiger charge is -2.38. The van der Waals surface area contributed by atoms with Crippen molar-refractivity contribution in [2.45, 2.75) is 65.4 Å². The summed E-state index contributed by atoms with van der Waals surface area (Å²) < 4.78 is 47.4. The lowest BCUT2D eigenvalue weighted by molar-refractivity contribution is 0.0759. The van der Waals surface area contributed by atoms with Crippen molar-refractivity contribution in [3.8, 4) is 0 Å². The van der Waals surface area contributed by atoms with Gasteiger partial charge >= 0.3 is 15.2 Å². The third-order valence-corrected chi connectivity index (χ3v) is 9.25. The van der Waals surface area contributed by atoms with Crippen LogP contribution in [0.2, 0.25) is 0 Å². The van der Waals surface area contributed by atoms with E-state index in [-0.39, 0.29) is 32.8 Å². The first-order valence-corrected chi connectivity index (χ1v) is 11.4. The van der Waals surface area contributed by atoms with Crippen LogP contribution in [-0.4, -0.2) is 36.6 Å². The number of rotatable bonds is 14. The van der Waals surface area contributed by atoms with Gasteiger partial charge in [0.1, 0.15) is 0 Å². The lowest BCUT2D eigenvalue weighted by Crippen LogP contribution is -2.33. The average Bonchev–Trinajstić information content (AvgIpc) is 2.48. The van der Waals surface area contributed by atoms with E-state index in [2.05, 4.69) is 0 Å². The van der Waals surface area contributed by atoms with Crippen LogP contribution in [-0.2, 0) is 27.2 Å². The van der Waals surface area contributed by atoms with Crippen molar-refractivity contribution in [1.29, 1.82) is 0 Å². The number of aliphatic hydroxyl groups is 1. The molecule has 0 aliphatic carbocycles. The molecule has 0 radical (unpaired) electrons. The molecular formula is C14H32O7P2. The number of hydrogen-bond donors (Lipinski definition) is 1. The monoisotopic (exact) mass is 374 g/mol. The molecule has 23 heavy (non-hydrogen) atoms. The van der Waals surface area contributed by atoms with Gasteiger partial charge in [0, 0.05) is 0 Å². The first kappa shape index (κ1) is 23.3. The van der Waals surface area contributed by atoms with Crippen LogP contribution < -0.4 is 0 Å². The predicted molar refractivity (Wildman–Crippen MR) is 90.8 cm³/mol. The van der Waals surface area contributed by atoms with E-state index in [1.54, 1.807) is 27.7 Å². The SMILES string of the molecule is CCCCCC(O)(P(=O)(OCC)OCC)P(=O)(OCC)OCC. The second-order valence-electron chi connectivity index (χ2n) is 4.90. The number of unbranched alkanes of at least 4 members (excludes halogenated alkanes) is 2. The van der Waals surface area contributed by atoms with Crippen LogP contribution in [0.5, 0.6) is 0 Å². The standard InChI is InChI=1S/C14H32O7P2/c1-6-11-12-13-14(15,22(16,18-7-2)19-8-3)23(17,20-9-4)21-10-5/h15H,6-13H2,1-5H3. The summed E-state index contributed by atoms with van der Waals surface area (Å²) in [5.74, 6) is 0. The molecule has 0 spiro atoms. The molecular weight excluding hydrogens is 342 g/mol. The quantitative estimate of drug-likeness (QED) is 0.347. The summed E-state index contributed by atoms with van der Waals surface area (Å²) in [5.41, 5.74) is 0. The molecule has 0 rings (SSSR count). The molecule has 0 saturated heterocycles. The average molecular weight is 374 g/mol. The van der Waals surface area contributed by atoms with Gasteiger partial charge in [-0.05, 0) is 40.5 Å². The third kappa shape index (κ3) is 5.64. The van der Waals surface area contributed by atoms with E-state index in [1.807, 2.05) is 6.92 Å². The van der Waals surface area contributed by atoms with Crippen molar-refractivity contribution in [3.05, 3.63) is 0 Å². The molecule has 0 atom stereocenters. The molecule has 0 aliphatic rings. The van der Waals surface area contributed by atoms with Gasteiger partial charge in [-0.2, -0.15) is 0 Å². The van der Waals surface area contributed by atoms with E-state index in [1.165, 1.54) is 0 Å². The maximum Gasteiger partial charge on any atom is 0.374 e. The van der Waals surface area contributed by atoms with E-state index in [0.29, 0.717) is 6.42 Å². The Morgan fingerprint density at radius 1 is 0.739 bits per heavy atom. The van der Waals surface area contributed by atoms with Gasteiger partial charge < -0.3 is 23.2 Å². The van der Waals surface area contributed by atoms with Crippen molar-refractivity contribution in [1.82, 2.24) is 0 Å². The zero-order valence-electron chi connectivity index (χ0n) is 14.9. The summed E-state index contributed by atoms with van der Waals surface area (Å²) in [6, 6.07) is 0. The molecule has 1 N–H and O–H groups in total. The Labute approximate surface area is 140 Å². The topological polar surface area (TPSA) is 91.3 Å². The van der Waals surface area contributed by atoms with Gasteiger partial charge in [0.15, 0.2) is 0 Å². The van der Waals surface area contributed by atoms with Crippen LogP contribution in [0.15, 0.2) is 0 Å². The van der Waals surface area contributed by atoms with Crippen LogP contribution >= 0.6 is 15.2 Å². The Morgan fingerprint density at radius 3 is 1.35 bits per heavy atom. The highest BCUT2D eigenvalue weighted by Gasteiger charge is 2.64. The maximum atomic E-state index is 13.2. The minimum atomic E-state index is -4.12. The van der Waals surface area contributed by atoms with Gasteiger partial charge in [0.05, 0.1) is 26.4 Å². The summed E-state index contributed by atoms with van der Waals surface area (Å²) in [5, 5.41) is 8.86. The molecule has 0 unspecified atom stereocenters. The molecule has 0 heterocycles. The Bertz CT molecular complexity index is 364.